The highest BCUT2D eigenvalue weighted by Crippen LogP contribution is 2.34. The SMILES string of the molecule is Cc1cccc(N=Nc2c(-c3ccc(F)cc3)nc3c(O)cccn23)c1. The molecule has 0 aliphatic heterocycles. The summed E-state index contributed by atoms with van der Waals surface area (Å²) in [5.74, 6) is 0.167. The molecule has 0 radical (unpaired) electrons. The van der Waals surface area contributed by atoms with Crippen molar-refractivity contribution in [3.63, 3.8) is 0 Å². The molecule has 2 aromatic carbocycles. The zero-order valence-corrected chi connectivity index (χ0v) is 14.0. The van der Waals surface area contributed by atoms with Gasteiger partial charge in [0.15, 0.2) is 17.2 Å². The third-order valence-corrected chi connectivity index (χ3v) is 3.98. The Balaban J connectivity index is 1.90. The lowest BCUT2D eigenvalue weighted by atomic mass is 10.1. The van der Waals surface area contributed by atoms with Crippen molar-refractivity contribution in [3.05, 3.63) is 78.2 Å². The number of pyridine rings is 1. The number of aromatic nitrogens is 2. The van der Waals surface area contributed by atoms with E-state index in [0.29, 0.717) is 28.4 Å². The molecule has 0 atom stereocenters. The second kappa shape index (κ2) is 6.40. The first-order valence-corrected chi connectivity index (χ1v) is 8.06. The summed E-state index contributed by atoms with van der Waals surface area (Å²) in [6.45, 7) is 1.98. The Morgan fingerprint density at radius 3 is 2.58 bits per heavy atom. The van der Waals surface area contributed by atoms with Crippen LogP contribution < -0.4 is 0 Å². The number of imidazole rings is 1. The lowest BCUT2D eigenvalue weighted by molar-refractivity contribution is 0.477. The Morgan fingerprint density at radius 1 is 1.00 bits per heavy atom. The van der Waals surface area contributed by atoms with Crippen molar-refractivity contribution in [1.29, 1.82) is 0 Å². The number of rotatable bonds is 3. The van der Waals surface area contributed by atoms with Gasteiger partial charge in [-0.3, -0.25) is 4.40 Å². The summed E-state index contributed by atoms with van der Waals surface area (Å²) in [5.41, 5.74) is 3.36. The van der Waals surface area contributed by atoms with Gasteiger partial charge in [-0.2, -0.15) is 0 Å². The molecule has 0 unspecified atom stereocenters. The molecule has 0 amide bonds. The minimum Gasteiger partial charge on any atom is -0.504 e. The number of benzene rings is 2. The van der Waals surface area contributed by atoms with Gasteiger partial charge in [-0.05, 0) is 61.0 Å². The number of halogens is 1. The topological polar surface area (TPSA) is 62.2 Å². The summed E-state index contributed by atoms with van der Waals surface area (Å²) in [7, 11) is 0. The molecule has 0 fully saturated rings. The van der Waals surface area contributed by atoms with Crippen LogP contribution in [0.25, 0.3) is 16.9 Å². The normalized spacial score (nSPS) is 11.5. The van der Waals surface area contributed by atoms with Crippen molar-refractivity contribution in [3.8, 4) is 17.0 Å². The van der Waals surface area contributed by atoms with Crippen molar-refractivity contribution in [2.75, 3.05) is 0 Å². The smallest absolute Gasteiger partial charge is 0.187 e. The Morgan fingerprint density at radius 2 is 1.81 bits per heavy atom. The van der Waals surface area contributed by atoms with Gasteiger partial charge in [-0.25, -0.2) is 9.37 Å². The van der Waals surface area contributed by atoms with Crippen LogP contribution >= 0.6 is 0 Å². The molecule has 0 spiro atoms. The first-order valence-electron chi connectivity index (χ1n) is 8.06. The van der Waals surface area contributed by atoms with Crippen LogP contribution in [0, 0.1) is 12.7 Å². The summed E-state index contributed by atoms with van der Waals surface area (Å²) in [5, 5.41) is 18.8. The molecule has 4 aromatic rings. The van der Waals surface area contributed by atoms with E-state index in [4.69, 9.17) is 0 Å². The van der Waals surface area contributed by atoms with Crippen molar-refractivity contribution < 1.29 is 9.50 Å². The molecule has 2 heterocycles. The fourth-order valence-electron chi connectivity index (χ4n) is 2.73. The predicted molar refractivity (Wildman–Crippen MR) is 97.6 cm³/mol. The number of aromatic hydroxyl groups is 1. The summed E-state index contributed by atoms with van der Waals surface area (Å²) < 4.78 is 14.9. The fraction of sp³-hybridized carbons (Fsp3) is 0.0500. The van der Waals surface area contributed by atoms with E-state index in [1.54, 1.807) is 34.9 Å². The zero-order chi connectivity index (χ0) is 18.1. The largest absolute Gasteiger partial charge is 0.504 e. The van der Waals surface area contributed by atoms with Crippen LogP contribution in [-0.2, 0) is 0 Å². The van der Waals surface area contributed by atoms with Gasteiger partial charge in [0.2, 0.25) is 0 Å². The van der Waals surface area contributed by atoms with Gasteiger partial charge in [0.25, 0.3) is 0 Å². The molecule has 1 N–H and O–H groups in total. The quantitative estimate of drug-likeness (QED) is 0.493. The van der Waals surface area contributed by atoms with Crippen LogP contribution in [-0.4, -0.2) is 14.5 Å². The standard InChI is InChI=1S/C20H15FN4O/c1-13-4-2-5-16(12-13)23-24-20-18(14-7-9-15(21)10-8-14)22-19-17(26)6-3-11-25(19)20/h2-12,26H,1H3. The van der Waals surface area contributed by atoms with E-state index in [0.717, 1.165) is 5.56 Å². The molecular formula is C20H15FN4O. The minimum absolute atomic E-state index is 0.0351. The van der Waals surface area contributed by atoms with Gasteiger partial charge in [-0.1, -0.05) is 12.1 Å². The molecule has 0 aliphatic rings. The molecule has 0 saturated heterocycles. The van der Waals surface area contributed by atoms with E-state index in [1.165, 1.54) is 12.1 Å². The molecule has 5 nitrogen and oxygen atoms in total. The van der Waals surface area contributed by atoms with Crippen molar-refractivity contribution in [1.82, 2.24) is 9.38 Å². The van der Waals surface area contributed by atoms with Crippen LogP contribution in [0.1, 0.15) is 5.56 Å². The number of aryl methyl sites for hydroxylation is 1. The number of azo groups is 1. The summed E-state index contributed by atoms with van der Waals surface area (Å²) >= 11 is 0. The second-order valence-corrected chi connectivity index (χ2v) is 5.92. The van der Waals surface area contributed by atoms with Gasteiger partial charge in [0, 0.05) is 11.8 Å². The van der Waals surface area contributed by atoms with E-state index < -0.39 is 0 Å². The lowest BCUT2D eigenvalue weighted by Crippen LogP contribution is -1.83. The zero-order valence-electron chi connectivity index (χ0n) is 14.0. The highest BCUT2D eigenvalue weighted by Gasteiger charge is 2.16. The highest BCUT2D eigenvalue weighted by atomic mass is 19.1. The average molecular weight is 346 g/mol. The third kappa shape index (κ3) is 2.93. The Bertz CT molecular complexity index is 1120. The fourth-order valence-corrected chi connectivity index (χ4v) is 2.73. The molecule has 0 bridgehead atoms. The monoisotopic (exact) mass is 346 g/mol. The highest BCUT2D eigenvalue weighted by molar-refractivity contribution is 5.76. The second-order valence-electron chi connectivity index (χ2n) is 5.92. The van der Waals surface area contributed by atoms with Gasteiger partial charge in [0.1, 0.15) is 11.5 Å². The van der Waals surface area contributed by atoms with E-state index in [2.05, 4.69) is 15.2 Å². The summed E-state index contributed by atoms with van der Waals surface area (Å²) in [6.07, 6.45) is 1.75. The van der Waals surface area contributed by atoms with Crippen molar-refractivity contribution in [2.45, 2.75) is 6.92 Å². The molecule has 0 saturated carbocycles. The maximum atomic E-state index is 13.3. The van der Waals surface area contributed by atoms with Crippen molar-refractivity contribution in [2.24, 2.45) is 10.2 Å². The van der Waals surface area contributed by atoms with Crippen LogP contribution in [0.2, 0.25) is 0 Å². The summed E-state index contributed by atoms with van der Waals surface area (Å²) in [6, 6.07) is 16.9. The van der Waals surface area contributed by atoms with E-state index >= 15 is 0 Å². The van der Waals surface area contributed by atoms with E-state index in [-0.39, 0.29) is 11.6 Å². The van der Waals surface area contributed by atoms with Crippen LogP contribution in [0.3, 0.4) is 0 Å². The Labute approximate surface area is 149 Å². The number of hydrogen-bond acceptors (Lipinski definition) is 4. The maximum absolute atomic E-state index is 13.3. The van der Waals surface area contributed by atoms with Crippen LogP contribution in [0.15, 0.2) is 77.1 Å². The van der Waals surface area contributed by atoms with Gasteiger partial charge < -0.3 is 5.11 Å². The molecule has 6 heteroatoms. The van der Waals surface area contributed by atoms with Crippen LogP contribution in [0.5, 0.6) is 5.75 Å². The van der Waals surface area contributed by atoms with Gasteiger partial charge in [-0.15, -0.1) is 10.2 Å². The third-order valence-electron chi connectivity index (χ3n) is 3.98. The van der Waals surface area contributed by atoms with Crippen molar-refractivity contribution >= 4 is 17.2 Å². The number of nitrogens with zero attached hydrogens (tertiary/aromatic N) is 4. The van der Waals surface area contributed by atoms with E-state index in [1.807, 2.05) is 31.2 Å². The molecular weight excluding hydrogens is 331 g/mol. The molecule has 0 aliphatic carbocycles. The van der Waals surface area contributed by atoms with Gasteiger partial charge >= 0.3 is 0 Å². The minimum atomic E-state index is -0.330. The lowest BCUT2D eigenvalue weighted by Gasteiger charge is -2.00. The maximum Gasteiger partial charge on any atom is 0.187 e. The molecule has 4 rings (SSSR count). The molecule has 128 valence electrons. The predicted octanol–water partition coefficient (Wildman–Crippen LogP) is 5.57. The first-order chi connectivity index (χ1) is 12.6. The first kappa shape index (κ1) is 16.0. The summed E-state index contributed by atoms with van der Waals surface area (Å²) in [4.78, 5) is 4.48. The van der Waals surface area contributed by atoms with Crippen LogP contribution in [0.4, 0.5) is 15.9 Å². The Kier molecular flexibility index (Phi) is 3.93. The Hall–Kier alpha value is -3.54. The number of hydrogen-bond donors (Lipinski definition) is 1. The average Bonchev–Trinajstić information content (AvgIpc) is 3.01. The molecule has 26 heavy (non-hydrogen) atoms. The number of fused-ring (bicyclic) bond motifs is 1. The molecule has 2 aromatic heterocycles. The van der Waals surface area contributed by atoms with Gasteiger partial charge in [0.05, 0.1) is 5.69 Å². The van der Waals surface area contributed by atoms with E-state index in [9.17, 15) is 9.50 Å².